The summed E-state index contributed by atoms with van der Waals surface area (Å²) >= 11 is 0. The van der Waals surface area contributed by atoms with Crippen molar-refractivity contribution in [2.45, 2.75) is 58.1 Å². The zero-order valence-electron chi connectivity index (χ0n) is 12.1. The first kappa shape index (κ1) is 14.3. The van der Waals surface area contributed by atoms with Crippen molar-refractivity contribution >= 4 is 0 Å². The summed E-state index contributed by atoms with van der Waals surface area (Å²) in [7, 11) is 0. The fourth-order valence-corrected chi connectivity index (χ4v) is 2.75. The summed E-state index contributed by atoms with van der Waals surface area (Å²) in [6.07, 6.45) is 6.29. The maximum atomic E-state index is 9.95. The smallest absolute Gasteiger partial charge is 0.0690 e. The molecule has 1 saturated heterocycles. The fraction of sp³-hybridized carbons (Fsp3) is 1.00. The summed E-state index contributed by atoms with van der Waals surface area (Å²) in [5.74, 6) is 1.43. The van der Waals surface area contributed by atoms with E-state index in [-0.39, 0.29) is 6.10 Å². The molecule has 0 aromatic carbocycles. The molecule has 2 unspecified atom stereocenters. The quantitative estimate of drug-likeness (QED) is 0.728. The minimum atomic E-state index is -0.181. The van der Waals surface area contributed by atoms with Crippen LogP contribution in [0.3, 0.4) is 0 Å². The monoisotopic (exact) mass is 254 g/mol. The van der Waals surface area contributed by atoms with Crippen LogP contribution in [0.25, 0.3) is 0 Å². The summed E-state index contributed by atoms with van der Waals surface area (Å²) in [6.45, 7) is 8.86. The Hall–Kier alpha value is -0.120. The molecule has 0 aromatic heterocycles. The van der Waals surface area contributed by atoms with Gasteiger partial charge in [0.15, 0.2) is 0 Å². The number of piperidine rings is 1. The fourth-order valence-electron chi connectivity index (χ4n) is 2.75. The van der Waals surface area contributed by atoms with Crippen molar-refractivity contribution in [1.82, 2.24) is 10.2 Å². The molecule has 3 heteroatoms. The Morgan fingerprint density at radius 2 is 1.89 bits per heavy atom. The lowest BCUT2D eigenvalue weighted by Crippen LogP contribution is -2.45. The maximum absolute atomic E-state index is 9.95. The van der Waals surface area contributed by atoms with E-state index in [0.29, 0.717) is 12.0 Å². The van der Waals surface area contributed by atoms with E-state index in [0.717, 1.165) is 18.9 Å². The van der Waals surface area contributed by atoms with E-state index in [9.17, 15) is 5.11 Å². The number of rotatable bonds is 7. The van der Waals surface area contributed by atoms with Crippen LogP contribution in [0.1, 0.15) is 46.0 Å². The second-order valence-corrected chi connectivity index (χ2v) is 6.38. The largest absolute Gasteiger partial charge is 0.392 e. The summed E-state index contributed by atoms with van der Waals surface area (Å²) in [4.78, 5) is 2.63. The van der Waals surface area contributed by atoms with Crippen LogP contribution in [0, 0.1) is 11.8 Å². The maximum Gasteiger partial charge on any atom is 0.0690 e. The lowest BCUT2D eigenvalue weighted by atomic mass is 10.00. The van der Waals surface area contributed by atoms with Crippen molar-refractivity contribution in [1.29, 1.82) is 0 Å². The van der Waals surface area contributed by atoms with Crippen molar-refractivity contribution in [3.05, 3.63) is 0 Å². The molecule has 2 fully saturated rings. The minimum Gasteiger partial charge on any atom is -0.392 e. The molecule has 0 radical (unpaired) electrons. The first-order chi connectivity index (χ1) is 8.69. The van der Waals surface area contributed by atoms with E-state index in [1.54, 1.807) is 0 Å². The molecule has 0 bridgehead atoms. The van der Waals surface area contributed by atoms with Crippen LogP contribution in [0.15, 0.2) is 0 Å². The number of hydrogen-bond acceptors (Lipinski definition) is 3. The molecule has 1 heterocycles. The van der Waals surface area contributed by atoms with Gasteiger partial charge in [0.25, 0.3) is 0 Å². The molecule has 1 saturated carbocycles. The zero-order chi connectivity index (χ0) is 13.0. The molecule has 3 nitrogen and oxygen atoms in total. The predicted octanol–water partition coefficient (Wildman–Crippen LogP) is 1.86. The number of aliphatic hydroxyl groups excluding tert-OH is 1. The van der Waals surface area contributed by atoms with E-state index in [1.165, 1.54) is 45.3 Å². The number of nitrogens with zero attached hydrogens (tertiary/aromatic N) is 1. The molecule has 2 rings (SSSR count). The van der Waals surface area contributed by atoms with Gasteiger partial charge in [0, 0.05) is 19.1 Å². The van der Waals surface area contributed by atoms with E-state index >= 15 is 0 Å². The van der Waals surface area contributed by atoms with Crippen LogP contribution in [-0.2, 0) is 0 Å². The van der Waals surface area contributed by atoms with Crippen molar-refractivity contribution in [2.24, 2.45) is 11.8 Å². The predicted molar refractivity (Wildman–Crippen MR) is 75.7 cm³/mol. The summed E-state index contributed by atoms with van der Waals surface area (Å²) in [6, 6.07) is 0.624. The van der Waals surface area contributed by atoms with Crippen molar-refractivity contribution in [3.8, 4) is 0 Å². The van der Waals surface area contributed by atoms with Gasteiger partial charge in [0.1, 0.15) is 0 Å². The molecule has 2 N–H and O–H groups in total. The summed E-state index contributed by atoms with van der Waals surface area (Å²) < 4.78 is 0. The second-order valence-electron chi connectivity index (χ2n) is 6.38. The van der Waals surface area contributed by atoms with E-state index in [2.05, 4.69) is 24.1 Å². The Balaban J connectivity index is 1.58. The van der Waals surface area contributed by atoms with Gasteiger partial charge < -0.3 is 15.3 Å². The van der Waals surface area contributed by atoms with Crippen LogP contribution in [0.2, 0.25) is 0 Å². The molecule has 2 aliphatic rings. The van der Waals surface area contributed by atoms with Crippen LogP contribution < -0.4 is 5.32 Å². The molecule has 106 valence electrons. The molecule has 18 heavy (non-hydrogen) atoms. The highest BCUT2D eigenvalue weighted by molar-refractivity contribution is 4.83. The number of likely N-dealkylation sites (tertiary alicyclic amines) is 1. The van der Waals surface area contributed by atoms with Crippen molar-refractivity contribution in [2.75, 3.05) is 26.2 Å². The molecular weight excluding hydrogens is 224 g/mol. The lowest BCUT2D eigenvalue weighted by Gasteiger charge is -2.33. The van der Waals surface area contributed by atoms with Gasteiger partial charge in [0.05, 0.1) is 6.10 Å². The Kier molecular flexibility index (Phi) is 5.46. The van der Waals surface area contributed by atoms with Crippen molar-refractivity contribution in [3.63, 3.8) is 0 Å². The topological polar surface area (TPSA) is 35.5 Å². The number of aliphatic hydroxyl groups is 1. The molecule has 0 aromatic rings. The molecule has 2 atom stereocenters. The zero-order valence-corrected chi connectivity index (χ0v) is 12.1. The van der Waals surface area contributed by atoms with Gasteiger partial charge in [-0.1, -0.05) is 20.3 Å². The highest BCUT2D eigenvalue weighted by Gasteiger charge is 2.27. The van der Waals surface area contributed by atoms with Gasteiger partial charge >= 0.3 is 0 Å². The Bertz CT molecular complexity index is 235. The van der Waals surface area contributed by atoms with Crippen LogP contribution in [0.4, 0.5) is 0 Å². The summed E-state index contributed by atoms with van der Waals surface area (Å²) in [5, 5.41) is 13.5. The van der Waals surface area contributed by atoms with E-state index < -0.39 is 0 Å². The minimum absolute atomic E-state index is 0.181. The Morgan fingerprint density at radius 3 is 2.44 bits per heavy atom. The van der Waals surface area contributed by atoms with Gasteiger partial charge in [0.2, 0.25) is 0 Å². The van der Waals surface area contributed by atoms with Crippen LogP contribution in [0.5, 0.6) is 0 Å². The highest BCUT2D eigenvalue weighted by Crippen LogP contribution is 2.30. The third-order valence-corrected chi connectivity index (χ3v) is 4.72. The first-order valence-electron chi connectivity index (χ1n) is 7.82. The average Bonchev–Trinajstić information content (AvgIpc) is 3.20. The van der Waals surface area contributed by atoms with Gasteiger partial charge in [-0.05, 0) is 50.6 Å². The van der Waals surface area contributed by atoms with Crippen LogP contribution in [-0.4, -0.2) is 48.3 Å². The summed E-state index contributed by atoms with van der Waals surface area (Å²) in [5.41, 5.74) is 0. The highest BCUT2D eigenvalue weighted by atomic mass is 16.3. The molecule has 0 amide bonds. The van der Waals surface area contributed by atoms with Gasteiger partial charge in [-0.3, -0.25) is 0 Å². The Morgan fingerprint density at radius 1 is 1.22 bits per heavy atom. The van der Waals surface area contributed by atoms with Crippen molar-refractivity contribution < 1.29 is 5.11 Å². The normalized spacial score (nSPS) is 26.2. The average molecular weight is 254 g/mol. The second kappa shape index (κ2) is 6.88. The van der Waals surface area contributed by atoms with Gasteiger partial charge in [-0.25, -0.2) is 0 Å². The standard InChI is InChI=1S/C15H30N2O/c1-3-12(2)15(18)10-16-14-6-8-17(9-7-14)11-13-4-5-13/h12-16,18H,3-11H2,1-2H3. The molecular formula is C15H30N2O. The lowest BCUT2D eigenvalue weighted by molar-refractivity contribution is 0.103. The van der Waals surface area contributed by atoms with Gasteiger partial charge in [-0.15, -0.1) is 0 Å². The van der Waals surface area contributed by atoms with E-state index in [1.807, 2.05) is 0 Å². The molecule has 1 aliphatic heterocycles. The van der Waals surface area contributed by atoms with Gasteiger partial charge in [-0.2, -0.15) is 0 Å². The Labute approximate surface area is 112 Å². The SMILES string of the molecule is CCC(C)C(O)CNC1CCN(CC2CC2)CC1. The third-order valence-electron chi connectivity index (χ3n) is 4.72. The van der Waals surface area contributed by atoms with Crippen LogP contribution >= 0.6 is 0 Å². The number of hydrogen-bond donors (Lipinski definition) is 2. The number of nitrogens with one attached hydrogen (secondary N) is 1. The molecule has 1 aliphatic carbocycles. The third kappa shape index (κ3) is 4.52. The van der Waals surface area contributed by atoms with E-state index in [4.69, 9.17) is 0 Å². The first-order valence-corrected chi connectivity index (χ1v) is 7.82. The molecule has 0 spiro atoms.